The lowest BCUT2D eigenvalue weighted by atomic mass is 10.3. The highest BCUT2D eigenvalue weighted by molar-refractivity contribution is 6.03. The summed E-state index contributed by atoms with van der Waals surface area (Å²) in [6, 6.07) is 7.66. The van der Waals surface area contributed by atoms with Crippen molar-refractivity contribution in [1.29, 1.82) is 0 Å². The standard InChI is InChI=1S/C8H6N2.C2H6BN/c1-3-7-8(9-5-1)4-2-6-10-7;1-4(2)3/h1-6H;1-2H3. The highest BCUT2D eigenvalue weighted by Gasteiger charge is 1.88. The van der Waals surface area contributed by atoms with Crippen LogP contribution in [0.2, 0.25) is 0 Å². The first-order valence-electron chi connectivity index (χ1n) is 4.28. The fourth-order valence-electron chi connectivity index (χ4n) is 0.904. The van der Waals surface area contributed by atoms with E-state index in [1.165, 1.54) is 4.81 Å². The molecule has 0 aliphatic carbocycles. The Balaban J connectivity index is 0.000000213. The van der Waals surface area contributed by atoms with Crippen molar-refractivity contribution in [3.63, 3.8) is 0 Å². The van der Waals surface area contributed by atoms with Crippen LogP contribution in [-0.4, -0.2) is 36.9 Å². The van der Waals surface area contributed by atoms with Gasteiger partial charge in [0, 0.05) is 12.4 Å². The molecule has 0 saturated heterocycles. The van der Waals surface area contributed by atoms with Crippen molar-refractivity contribution in [2.24, 2.45) is 0 Å². The summed E-state index contributed by atoms with van der Waals surface area (Å²) in [5, 5.41) is 0. The number of hydrogen-bond donors (Lipinski definition) is 0. The Morgan fingerprint density at radius 3 is 1.71 bits per heavy atom. The predicted molar refractivity (Wildman–Crippen MR) is 59.0 cm³/mol. The molecule has 70 valence electrons. The highest BCUT2D eigenvalue weighted by Crippen LogP contribution is 2.04. The van der Waals surface area contributed by atoms with Crippen LogP contribution in [0.15, 0.2) is 36.7 Å². The Labute approximate surface area is 85.2 Å². The molecule has 2 radical (unpaired) electrons. The Hall–Kier alpha value is -1.42. The van der Waals surface area contributed by atoms with Gasteiger partial charge in [-0.15, -0.1) is 0 Å². The molecule has 4 heteroatoms. The normalized spacial score (nSPS) is 9.64. The van der Waals surface area contributed by atoms with Gasteiger partial charge in [0.05, 0.1) is 11.0 Å². The van der Waals surface area contributed by atoms with E-state index >= 15 is 0 Å². The van der Waals surface area contributed by atoms with E-state index in [9.17, 15) is 0 Å². The Morgan fingerprint density at radius 1 is 1.00 bits per heavy atom. The molecule has 0 N–H and O–H groups in total. The van der Waals surface area contributed by atoms with Crippen LogP contribution in [-0.2, 0) is 0 Å². The second-order valence-electron chi connectivity index (χ2n) is 3.01. The first-order valence-corrected chi connectivity index (χ1v) is 4.28. The number of rotatable bonds is 0. The first kappa shape index (κ1) is 10.7. The summed E-state index contributed by atoms with van der Waals surface area (Å²) in [6.07, 6.45) is 3.54. The van der Waals surface area contributed by atoms with Crippen LogP contribution in [0.1, 0.15) is 0 Å². The third-order valence-corrected chi connectivity index (χ3v) is 1.37. The molecule has 0 fully saturated rings. The zero-order valence-electron chi connectivity index (χ0n) is 8.38. The van der Waals surface area contributed by atoms with Crippen molar-refractivity contribution >= 4 is 19.0 Å². The Kier molecular flexibility index (Phi) is 4.07. The van der Waals surface area contributed by atoms with Crippen molar-refractivity contribution in [1.82, 2.24) is 14.8 Å². The van der Waals surface area contributed by atoms with E-state index in [1.807, 2.05) is 24.3 Å². The molecule has 2 heterocycles. The van der Waals surface area contributed by atoms with Gasteiger partial charge in [0.2, 0.25) is 0 Å². The second-order valence-corrected chi connectivity index (χ2v) is 3.01. The first-order chi connectivity index (χ1) is 6.70. The van der Waals surface area contributed by atoms with Gasteiger partial charge in [-0.25, -0.2) is 0 Å². The van der Waals surface area contributed by atoms with E-state index in [1.54, 1.807) is 26.5 Å². The molecule has 0 spiro atoms. The van der Waals surface area contributed by atoms with Crippen LogP contribution in [0.4, 0.5) is 0 Å². The molecule has 14 heavy (non-hydrogen) atoms. The van der Waals surface area contributed by atoms with Gasteiger partial charge >= 0.3 is 0 Å². The third kappa shape index (κ3) is 3.54. The number of fused-ring (bicyclic) bond motifs is 1. The van der Waals surface area contributed by atoms with Crippen molar-refractivity contribution < 1.29 is 0 Å². The maximum atomic E-state index is 4.94. The average molecular weight is 185 g/mol. The maximum Gasteiger partial charge on any atom is 0.181 e. The minimum absolute atomic E-state index is 0.949. The van der Waals surface area contributed by atoms with Gasteiger partial charge in [0.1, 0.15) is 0 Å². The molecule has 2 aromatic heterocycles. The van der Waals surface area contributed by atoms with E-state index in [2.05, 4.69) is 9.97 Å². The molecule has 0 unspecified atom stereocenters. The number of nitrogens with zero attached hydrogens (tertiary/aromatic N) is 3. The maximum absolute atomic E-state index is 4.94. The topological polar surface area (TPSA) is 29.0 Å². The summed E-state index contributed by atoms with van der Waals surface area (Å²) in [5.74, 6) is 0. The SMILES string of the molecule is [B]N(C)C.c1cnc2cccnc2c1. The van der Waals surface area contributed by atoms with E-state index in [-0.39, 0.29) is 0 Å². The summed E-state index contributed by atoms with van der Waals surface area (Å²) in [6.45, 7) is 0. The lowest BCUT2D eigenvalue weighted by Crippen LogP contribution is -2.02. The zero-order chi connectivity index (χ0) is 10.4. The largest absolute Gasteiger partial charge is 0.359 e. The second kappa shape index (κ2) is 5.34. The molecule has 0 saturated carbocycles. The molecular weight excluding hydrogens is 173 g/mol. The molecule has 0 atom stereocenters. The molecule has 3 nitrogen and oxygen atoms in total. The van der Waals surface area contributed by atoms with Crippen LogP contribution in [0, 0.1) is 0 Å². The van der Waals surface area contributed by atoms with Crippen molar-refractivity contribution in [2.45, 2.75) is 0 Å². The quantitative estimate of drug-likeness (QED) is 0.578. The summed E-state index contributed by atoms with van der Waals surface area (Å²) >= 11 is 0. The number of aromatic nitrogens is 2. The summed E-state index contributed by atoms with van der Waals surface area (Å²) in [7, 11) is 8.50. The van der Waals surface area contributed by atoms with Gasteiger partial charge in [-0.05, 0) is 38.4 Å². The van der Waals surface area contributed by atoms with Gasteiger partial charge in [-0.1, -0.05) is 0 Å². The fourth-order valence-corrected chi connectivity index (χ4v) is 0.904. The Bertz CT molecular complexity index is 322. The highest BCUT2D eigenvalue weighted by atomic mass is 14.9. The molecule has 2 rings (SSSR count). The van der Waals surface area contributed by atoms with E-state index in [4.69, 9.17) is 7.98 Å². The van der Waals surface area contributed by atoms with Crippen molar-refractivity contribution in [3.8, 4) is 0 Å². The van der Waals surface area contributed by atoms with Crippen molar-refractivity contribution in [3.05, 3.63) is 36.7 Å². The lowest BCUT2D eigenvalue weighted by molar-refractivity contribution is 0.679. The number of hydrogen-bond acceptors (Lipinski definition) is 3. The van der Waals surface area contributed by atoms with Crippen LogP contribution in [0.5, 0.6) is 0 Å². The van der Waals surface area contributed by atoms with Crippen LogP contribution in [0.25, 0.3) is 11.0 Å². The van der Waals surface area contributed by atoms with E-state index < -0.39 is 0 Å². The minimum atomic E-state index is 0.949. The van der Waals surface area contributed by atoms with Gasteiger partial charge < -0.3 is 4.81 Å². The summed E-state index contributed by atoms with van der Waals surface area (Å²) in [5.41, 5.74) is 1.90. The molecule has 0 bridgehead atoms. The monoisotopic (exact) mass is 185 g/mol. The van der Waals surface area contributed by atoms with Crippen molar-refractivity contribution in [2.75, 3.05) is 14.1 Å². The number of pyridine rings is 2. The molecule has 0 aliphatic heterocycles. The molecule has 0 aliphatic rings. The smallest absolute Gasteiger partial charge is 0.181 e. The lowest BCUT2D eigenvalue weighted by Gasteiger charge is -1.90. The molecule has 2 aromatic rings. The average Bonchev–Trinajstić information content (AvgIpc) is 2.17. The van der Waals surface area contributed by atoms with Gasteiger partial charge in [-0.3, -0.25) is 9.97 Å². The van der Waals surface area contributed by atoms with Crippen LogP contribution < -0.4 is 0 Å². The van der Waals surface area contributed by atoms with Gasteiger partial charge in [0.25, 0.3) is 0 Å². The fraction of sp³-hybridized carbons (Fsp3) is 0.200. The van der Waals surface area contributed by atoms with E-state index in [0.717, 1.165) is 11.0 Å². The van der Waals surface area contributed by atoms with Crippen LogP contribution in [0.3, 0.4) is 0 Å². The summed E-state index contributed by atoms with van der Waals surface area (Å²) < 4.78 is 0. The van der Waals surface area contributed by atoms with Crippen LogP contribution >= 0.6 is 0 Å². The molecule has 0 aromatic carbocycles. The predicted octanol–water partition coefficient (Wildman–Crippen LogP) is 1.26. The van der Waals surface area contributed by atoms with E-state index in [0.29, 0.717) is 0 Å². The zero-order valence-corrected chi connectivity index (χ0v) is 8.38. The Morgan fingerprint density at radius 2 is 1.36 bits per heavy atom. The third-order valence-electron chi connectivity index (χ3n) is 1.37. The van der Waals surface area contributed by atoms with Gasteiger partial charge in [-0.2, -0.15) is 0 Å². The minimum Gasteiger partial charge on any atom is -0.359 e. The summed E-state index contributed by atoms with van der Waals surface area (Å²) in [4.78, 5) is 9.74. The van der Waals surface area contributed by atoms with Gasteiger partial charge in [0.15, 0.2) is 7.98 Å². The molecule has 0 amide bonds. The molecular formula is C10H12BN3.